The SMILES string of the molecule is C1OC2CC3CC1C2C3.CC.CC.CC.CC.CC.CC.CC(C)C1C2CC3CC(C2)CC1C3.CC1C2CC3CC(C2)CC1C3.CCC1C2CC3CC(C2)CC1C3.O=C1OC2CC3CC1C2O3.O=S1(=O)OC2CC3CC2C1C3. The van der Waals surface area contributed by atoms with Crippen LogP contribution in [0.1, 0.15) is 265 Å². The molecule has 12 atom stereocenters. The average molecular weight is 1110 g/mol. The standard InChI is InChI=1S/C13H22.C12H20.C11H18.C8H12O.C7H10O3S.C7H8O3.6C2H6/c1-8(2)13-11-4-9-3-10(6-11)7-12(13)5-9;1-2-12-10-4-8-3-9(6-10)7-11(12)5-8;1-7-10-3-8-2-9(5-10)6-11(7)4-8;1-5-2-7-6(1)4-9-8(7)3-5;8-11(9)7-3-4-1-5(7)6(2-4)10-11;8-7-4-1-3-2-5(10-7)6(4)9-3;6*1-2/h8-13H,3-7H2,1-2H3;8-12H,2-7H2,1H3;7-11H,2-6H2,1H3;5-8H,1-4H2;4-7H,1-3H2;3-6H,1-2H2;6*1-2H3. The second-order valence-corrected chi connectivity index (χ2v) is 29.9. The Labute approximate surface area is 482 Å². The van der Waals surface area contributed by atoms with Gasteiger partial charge in [0.15, 0.2) is 0 Å². The molecule has 5 aliphatic heterocycles. The van der Waals surface area contributed by atoms with Crippen LogP contribution in [-0.4, -0.2) is 56.8 Å². The first kappa shape index (κ1) is 64.9. The van der Waals surface area contributed by atoms with Gasteiger partial charge in [0.2, 0.25) is 0 Å². The fourth-order valence-electron chi connectivity index (χ4n) is 22.2. The molecule has 21 fully saturated rings. The molecule has 0 aromatic heterocycles. The number of carbonyl (C=O) groups excluding carboxylic acids is 1. The highest BCUT2D eigenvalue weighted by molar-refractivity contribution is 7.87. The van der Waals surface area contributed by atoms with Crippen LogP contribution in [-0.2, 0) is 33.3 Å². The molecule has 16 saturated carbocycles. The minimum atomic E-state index is -3.13. The molecule has 5 heterocycles. The predicted molar refractivity (Wildman–Crippen MR) is 324 cm³/mol. The molecule has 8 heteroatoms. The molecule has 16 aliphatic carbocycles. The first-order valence-electron chi connectivity index (χ1n) is 35.3. The van der Waals surface area contributed by atoms with E-state index in [1.165, 1.54) is 25.7 Å². The normalized spacial score (nSPS) is 48.8. The van der Waals surface area contributed by atoms with Crippen molar-refractivity contribution in [1.82, 2.24) is 0 Å². The Balaban J connectivity index is 0.000000131. The molecule has 7 nitrogen and oxygen atoms in total. The van der Waals surface area contributed by atoms with Gasteiger partial charge in [0, 0.05) is 12.3 Å². The zero-order chi connectivity index (χ0) is 56.7. The van der Waals surface area contributed by atoms with Gasteiger partial charge in [0.1, 0.15) is 12.2 Å². The van der Waals surface area contributed by atoms with E-state index in [2.05, 4.69) is 27.7 Å². The lowest BCUT2D eigenvalue weighted by Crippen LogP contribution is -2.46. The summed E-state index contributed by atoms with van der Waals surface area (Å²) in [6.45, 7) is 34.9. The summed E-state index contributed by atoms with van der Waals surface area (Å²) in [5.74, 6) is 22.2. The van der Waals surface area contributed by atoms with Crippen molar-refractivity contribution in [3.05, 3.63) is 0 Å². The Kier molecular flexibility index (Phi) is 24.4. The first-order chi connectivity index (χ1) is 37.9. The Bertz CT molecular complexity index is 1790. The smallest absolute Gasteiger partial charge is 0.312 e. The van der Waals surface area contributed by atoms with Crippen molar-refractivity contribution in [2.75, 3.05) is 6.61 Å². The third kappa shape index (κ3) is 13.8. The number of hydrogen-bond acceptors (Lipinski definition) is 7. The van der Waals surface area contributed by atoms with Crippen molar-refractivity contribution < 1.29 is 31.6 Å². The van der Waals surface area contributed by atoms with Gasteiger partial charge in [-0.05, 0) is 260 Å². The summed E-state index contributed by atoms with van der Waals surface area (Å²) >= 11 is 0. The fraction of sp³-hybridized carbons (Fsp3) is 0.986. The lowest BCUT2D eigenvalue weighted by atomic mass is 9.50. The number of hydrogen-bond donors (Lipinski definition) is 0. The molecule has 12 unspecified atom stereocenters. The zero-order valence-corrected chi connectivity index (χ0v) is 54.4. The molecular weight excluding hydrogens is 985 g/mol. The van der Waals surface area contributed by atoms with Gasteiger partial charge in [0.05, 0.1) is 36.1 Å². The summed E-state index contributed by atoms with van der Waals surface area (Å²) in [5.41, 5.74) is 0. The Morgan fingerprint density at radius 1 is 0.462 bits per heavy atom. The summed E-state index contributed by atoms with van der Waals surface area (Å²) < 4.78 is 43.7. The van der Waals surface area contributed by atoms with Gasteiger partial charge in [-0.2, -0.15) is 8.42 Å². The van der Waals surface area contributed by atoms with Crippen LogP contribution in [0.5, 0.6) is 0 Å². The van der Waals surface area contributed by atoms with E-state index in [9.17, 15) is 13.2 Å². The topological polar surface area (TPSA) is 88.1 Å². The number of ether oxygens (including phenoxy) is 3. The third-order valence-electron chi connectivity index (χ3n) is 24.1. The van der Waals surface area contributed by atoms with E-state index >= 15 is 0 Å². The van der Waals surface area contributed by atoms with Crippen LogP contribution < -0.4 is 0 Å². The second-order valence-electron chi connectivity index (χ2n) is 28.1. The van der Waals surface area contributed by atoms with E-state index in [0.717, 1.165) is 151 Å². The summed E-state index contributed by atoms with van der Waals surface area (Å²) in [6, 6.07) is 0. The predicted octanol–water partition coefficient (Wildman–Crippen LogP) is 18.5. The highest BCUT2D eigenvalue weighted by Gasteiger charge is 2.60. The van der Waals surface area contributed by atoms with E-state index < -0.39 is 10.1 Å². The zero-order valence-electron chi connectivity index (χ0n) is 53.6. The van der Waals surface area contributed by atoms with Crippen molar-refractivity contribution in [3.63, 3.8) is 0 Å². The first-order valence-corrected chi connectivity index (χ1v) is 36.7. The van der Waals surface area contributed by atoms with Gasteiger partial charge in [-0.15, -0.1) is 0 Å². The summed E-state index contributed by atoms with van der Waals surface area (Å²) in [6.07, 6.45) is 35.9. The minimum absolute atomic E-state index is 0.0324. The van der Waals surface area contributed by atoms with Crippen LogP contribution in [0.3, 0.4) is 0 Å². The molecule has 0 aromatic rings. The van der Waals surface area contributed by atoms with Gasteiger partial charge >= 0.3 is 5.97 Å². The Morgan fingerprint density at radius 2 is 0.885 bits per heavy atom. The Hall–Kier alpha value is -0.700. The van der Waals surface area contributed by atoms with E-state index in [4.69, 9.17) is 18.4 Å². The molecule has 454 valence electrons. The number of fused-ring (bicyclic) bond motifs is 3. The van der Waals surface area contributed by atoms with E-state index in [1.807, 2.05) is 83.1 Å². The molecule has 0 spiro atoms. The van der Waals surface area contributed by atoms with Crippen LogP contribution in [0.4, 0.5) is 0 Å². The van der Waals surface area contributed by atoms with Crippen molar-refractivity contribution in [2.24, 2.45) is 130 Å². The maximum absolute atomic E-state index is 11.3. The highest BCUT2D eigenvalue weighted by atomic mass is 32.2. The van der Waals surface area contributed by atoms with Crippen LogP contribution in [0.15, 0.2) is 0 Å². The highest BCUT2D eigenvalue weighted by Crippen LogP contribution is 2.60. The van der Waals surface area contributed by atoms with Crippen LogP contribution in [0.2, 0.25) is 0 Å². The minimum Gasteiger partial charge on any atom is -0.459 e. The quantitative estimate of drug-likeness (QED) is 0.201. The summed E-state index contributed by atoms with van der Waals surface area (Å²) in [5, 5.41) is -0.133. The molecule has 0 N–H and O–H groups in total. The van der Waals surface area contributed by atoms with Gasteiger partial charge in [-0.25, -0.2) is 0 Å². The molecule has 5 saturated heterocycles. The number of rotatable bonds is 2. The third-order valence-corrected chi connectivity index (χ3v) is 25.9. The molecule has 21 aliphatic rings. The van der Waals surface area contributed by atoms with Crippen molar-refractivity contribution in [3.8, 4) is 0 Å². The fourth-order valence-corrected chi connectivity index (χ4v) is 24.1. The molecule has 21 rings (SSSR count). The van der Waals surface area contributed by atoms with Crippen LogP contribution in [0, 0.1) is 130 Å². The van der Waals surface area contributed by atoms with Crippen molar-refractivity contribution in [1.29, 1.82) is 0 Å². The van der Waals surface area contributed by atoms with Gasteiger partial charge in [-0.1, -0.05) is 117 Å². The molecule has 18 bridgehead atoms. The van der Waals surface area contributed by atoms with E-state index in [1.54, 1.807) is 96.3 Å². The largest absolute Gasteiger partial charge is 0.459 e. The van der Waals surface area contributed by atoms with E-state index in [0.29, 0.717) is 24.0 Å². The summed E-state index contributed by atoms with van der Waals surface area (Å²) in [7, 11) is -3.13. The number of carbonyl (C=O) groups is 1. The summed E-state index contributed by atoms with van der Waals surface area (Å²) in [4.78, 5) is 11.0. The lowest BCUT2D eigenvalue weighted by molar-refractivity contribution is -0.143. The van der Waals surface area contributed by atoms with Gasteiger partial charge < -0.3 is 14.2 Å². The monoisotopic (exact) mass is 1110 g/mol. The molecule has 0 amide bonds. The number of esters is 1. The maximum Gasteiger partial charge on any atom is 0.312 e. The van der Waals surface area contributed by atoms with Gasteiger partial charge in [0.25, 0.3) is 10.1 Å². The van der Waals surface area contributed by atoms with E-state index in [-0.39, 0.29) is 35.4 Å². The lowest BCUT2D eigenvalue weighted by Gasteiger charge is -2.55. The Morgan fingerprint density at radius 3 is 1.26 bits per heavy atom. The average Bonchev–Trinajstić information content (AvgIpc) is 4.37. The van der Waals surface area contributed by atoms with Gasteiger partial charge in [-0.3, -0.25) is 8.98 Å². The molecule has 0 aromatic carbocycles. The molecular formula is C70H126O7S. The van der Waals surface area contributed by atoms with Crippen LogP contribution in [0.25, 0.3) is 0 Å². The van der Waals surface area contributed by atoms with Crippen LogP contribution >= 0.6 is 0 Å². The van der Waals surface area contributed by atoms with Crippen molar-refractivity contribution in [2.45, 2.75) is 301 Å². The molecule has 0 radical (unpaired) electrons. The maximum atomic E-state index is 11.3. The molecule has 78 heavy (non-hydrogen) atoms. The second kappa shape index (κ2) is 29.4. The van der Waals surface area contributed by atoms with Crippen molar-refractivity contribution >= 4 is 16.1 Å².